The van der Waals surface area contributed by atoms with Crippen molar-refractivity contribution in [3.05, 3.63) is 6.33 Å². The third-order valence-corrected chi connectivity index (χ3v) is 3.91. The zero-order chi connectivity index (χ0) is 18.1. The van der Waals surface area contributed by atoms with Gasteiger partial charge < -0.3 is 20.3 Å². The molecule has 0 saturated carbocycles. The van der Waals surface area contributed by atoms with E-state index in [0.29, 0.717) is 22.9 Å². The predicted molar refractivity (Wildman–Crippen MR) is 99.0 cm³/mol. The summed E-state index contributed by atoms with van der Waals surface area (Å²) in [5, 5.41) is 15.6. The number of anilines is 2. The summed E-state index contributed by atoms with van der Waals surface area (Å²) in [6.45, 7) is 5.75. The number of rotatable bonds is 12. The normalized spacial score (nSPS) is 11.0. The molecule has 0 unspecified atom stereocenters. The molecule has 25 heavy (non-hydrogen) atoms. The number of unbranched alkanes of at least 4 members (excludes halogenated alkanes) is 4. The van der Waals surface area contributed by atoms with Crippen LogP contribution in [0.1, 0.15) is 52.4 Å². The molecular formula is C17H28N6O2. The minimum Gasteiger partial charge on any atom is -0.480 e. The third-order valence-electron chi connectivity index (χ3n) is 3.91. The molecule has 0 radical (unpaired) electrons. The van der Waals surface area contributed by atoms with Crippen molar-refractivity contribution in [1.29, 1.82) is 0 Å². The molecule has 138 valence electrons. The van der Waals surface area contributed by atoms with Gasteiger partial charge in [0.05, 0.1) is 6.33 Å². The molecule has 2 heterocycles. The second-order valence-corrected chi connectivity index (χ2v) is 6.10. The Hall–Kier alpha value is -2.38. The second kappa shape index (κ2) is 9.80. The first-order chi connectivity index (χ1) is 12.2. The average molecular weight is 348 g/mol. The Morgan fingerprint density at radius 1 is 1.08 bits per heavy atom. The Bertz CT molecular complexity index is 685. The monoisotopic (exact) mass is 348 g/mol. The van der Waals surface area contributed by atoms with Gasteiger partial charge in [-0.25, -0.2) is 4.98 Å². The number of aromatic nitrogens is 4. The van der Waals surface area contributed by atoms with Crippen LogP contribution in [0.3, 0.4) is 0 Å². The Balaban J connectivity index is 2.21. The first-order valence-electron chi connectivity index (χ1n) is 9.08. The Morgan fingerprint density at radius 2 is 1.76 bits per heavy atom. The number of carboxylic acids is 1. The summed E-state index contributed by atoms with van der Waals surface area (Å²) in [5.41, 5.74) is 1.14. The highest BCUT2D eigenvalue weighted by molar-refractivity contribution is 5.85. The molecule has 3 N–H and O–H groups in total. The fourth-order valence-corrected chi connectivity index (χ4v) is 2.56. The van der Waals surface area contributed by atoms with Crippen LogP contribution in [0.2, 0.25) is 0 Å². The number of nitrogens with zero attached hydrogens (tertiary/aromatic N) is 4. The summed E-state index contributed by atoms with van der Waals surface area (Å²) < 4.78 is 1.54. The molecule has 2 aromatic rings. The zero-order valence-electron chi connectivity index (χ0n) is 15.1. The van der Waals surface area contributed by atoms with Gasteiger partial charge in [0.2, 0.25) is 5.95 Å². The molecule has 0 amide bonds. The van der Waals surface area contributed by atoms with Crippen molar-refractivity contribution < 1.29 is 9.90 Å². The molecule has 0 saturated heterocycles. The van der Waals surface area contributed by atoms with E-state index in [-0.39, 0.29) is 6.54 Å². The quantitative estimate of drug-likeness (QED) is 0.506. The number of fused-ring (bicyclic) bond motifs is 1. The highest BCUT2D eigenvalue weighted by atomic mass is 16.4. The Kier molecular flexibility index (Phi) is 7.43. The molecule has 2 rings (SSSR count). The second-order valence-electron chi connectivity index (χ2n) is 6.10. The summed E-state index contributed by atoms with van der Waals surface area (Å²) in [6, 6.07) is 0. The minimum absolute atomic E-state index is 0.169. The SMILES string of the molecule is CCCCCNc1nc(NCCCCC)c2ncn(CC(=O)O)c2n1. The van der Waals surface area contributed by atoms with Crippen LogP contribution in [-0.4, -0.2) is 43.7 Å². The number of hydrogen-bond acceptors (Lipinski definition) is 6. The maximum Gasteiger partial charge on any atom is 0.323 e. The molecule has 8 heteroatoms. The van der Waals surface area contributed by atoms with Gasteiger partial charge in [-0.15, -0.1) is 0 Å². The van der Waals surface area contributed by atoms with Crippen LogP contribution in [0.5, 0.6) is 0 Å². The molecule has 0 atom stereocenters. The number of aliphatic carboxylic acids is 1. The van der Waals surface area contributed by atoms with Crippen LogP contribution >= 0.6 is 0 Å². The number of imidazole rings is 1. The van der Waals surface area contributed by atoms with E-state index in [0.717, 1.165) is 51.6 Å². The lowest BCUT2D eigenvalue weighted by atomic mass is 10.2. The summed E-state index contributed by atoms with van der Waals surface area (Å²) in [7, 11) is 0. The predicted octanol–water partition coefficient (Wildman–Crippen LogP) is 3.12. The summed E-state index contributed by atoms with van der Waals surface area (Å²) in [4.78, 5) is 24.3. The maximum atomic E-state index is 11.0. The fraction of sp³-hybridized carbons (Fsp3) is 0.647. The molecule has 0 fully saturated rings. The van der Waals surface area contributed by atoms with Crippen LogP contribution in [0.15, 0.2) is 6.33 Å². The summed E-state index contributed by atoms with van der Waals surface area (Å²) >= 11 is 0. The van der Waals surface area contributed by atoms with Crippen molar-refractivity contribution in [2.75, 3.05) is 23.7 Å². The highest BCUT2D eigenvalue weighted by Crippen LogP contribution is 2.21. The van der Waals surface area contributed by atoms with Crippen LogP contribution < -0.4 is 10.6 Å². The van der Waals surface area contributed by atoms with Gasteiger partial charge in [0.1, 0.15) is 6.54 Å². The molecule has 0 spiro atoms. The van der Waals surface area contributed by atoms with Crippen molar-refractivity contribution in [3.8, 4) is 0 Å². The number of nitrogens with one attached hydrogen (secondary N) is 2. The number of hydrogen-bond donors (Lipinski definition) is 3. The molecule has 0 aliphatic carbocycles. The fourth-order valence-electron chi connectivity index (χ4n) is 2.56. The largest absolute Gasteiger partial charge is 0.480 e. The van der Waals surface area contributed by atoms with E-state index >= 15 is 0 Å². The van der Waals surface area contributed by atoms with Gasteiger partial charge in [-0.05, 0) is 12.8 Å². The van der Waals surface area contributed by atoms with Crippen LogP contribution in [-0.2, 0) is 11.3 Å². The first kappa shape index (κ1) is 19.0. The van der Waals surface area contributed by atoms with Crippen LogP contribution in [0, 0.1) is 0 Å². The van der Waals surface area contributed by atoms with Gasteiger partial charge in [-0.3, -0.25) is 4.79 Å². The Labute approximate surface area is 148 Å². The van der Waals surface area contributed by atoms with E-state index in [4.69, 9.17) is 5.11 Å². The molecule has 0 aliphatic heterocycles. The first-order valence-corrected chi connectivity index (χ1v) is 9.08. The topological polar surface area (TPSA) is 105 Å². The number of carbonyl (C=O) groups is 1. The lowest BCUT2D eigenvalue weighted by Gasteiger charge is -2.10. The average Bonchev–Trinajstić information content (AvgIpc) is 2.98. The lowest BCUT2D eigenvalue weighted by molar-refractivity contribution is -0.137. The lowest BCUT2D eigenvalue weighted by Crippen LogP contribution is -2.12. The third kappa shape index (κ3) is 5.58. The van der Waals surface area contributed by atoms with E-state index in [1.165, 1.54) is 10.9 Å². The van der Waals surface area contributed by atoms with Gasteiger partial charge in [-0.2, -0.15) is 9.97 Å². The van der Waals surface area contributed by atoms with Crippen molar-refractivity contribution in [2.45, 2.75) is 58.9 Å². The van der Waals surface area contributed by atoms with E-state index in [1.54, 1.807) is 0 Å². The van der Waals surface area contributed by atoms with Crippen molar-refractivity contribution in [2.24, 2.45) is 0 Å². The maximum absolute atomic E-state index is 11.0. The van der Waals surface area contributed by atoms with Crippen molar-refractivity contribution in [3.63, 3.8) is 0 Å². The van der Waals surface area contributed by atoms with Crippen LogP contribution in [0.4, 0.5) is 11.8 Å². The van der Waals surface area contributed by atoms with Gasteiger partial charge >= 0.3 is 5.97 Å². The van der Waals surface area contributed by atoms with Gasteiger partial charge in [0.25, 0.3) is 0 Å². The van der Waals surface area contributed by atoms with E-state index in [1.807, 2.05) is 0 Å². The molecule has 2 aromatic heterocycles. The van der Waals surface area contributed by atoms with E-state index < -0.39 is 5.97 Å². The Morgan fingerprint density at radius 3 is 2.40 bits per heavy atom. The molecule has 0 aliphatic rings. The summed E-state index contributed by atoms with van der Waals surface area (Å²) in [5.74, 6) is 0.241. The van der Waals surface area contributed by atoms with Gasteiger partial charge in [0.15, 0.2) is 17.0 Å². The zero-order valence-corrected chi connectivity index (χ0v) is 15.1. The smallest absolute Gasteiger partial charge is 0.323 e. The van der Waals surface area contributed by atoms with E-state index in [2.05, 4.69) is 39.4 Å². The molecule has 0 bridgehead atoms. The van der Waals surface area contributed by atoms with Crippen molar-refractivity contribution in [1.82, 2.24) is 19.5 Å². The standard InChI is InChI=1S/C17H28N6O2/c1-3-5-7-9-18-15-14-16(23(12-20-14)11-13(24)25)22-17(21-15)19-10-8-6-4-2/h12H,3-11H2,1-2H3,(H,24,25)(H2,18,19,21,22). The molecular weight excluding hydrogens is 320 g/mol. The molecule has 8 nitrogen and oxygen atoms in total. The van der Waals surface area contributed by atoms with Gasteiger partial charge in [0, 0.05) is 13.1 Å². The van der Waals surface area contributed by atoms with Crippen LogP contribution in [0.25, 0.3) is 11.2 Å². The minimum atomic E-state index is -0.923. The number of carboxylic acid groups (broad SMARTS) is 1. The van der Waals surface area contributed by atoms with Crippen molar-refractivity contribution >= 4 is 28.9 Å². The van der Waals surface area contributed by atoms with E-state index in [9.17, 15) is 4.79 Å². The highest BCUT2D eigenvalue weighted by Gasteiger charge is 2.14. The molecule has 0 aromatic carbocycles. The van der Waals surface area contributed by atoms with Gasteiger partial charge in [-0.1, -0.05) is 39.5 Å². The summed E-state index contributed by atoms with van der Waals surface area (Å²) in [6.07, 6.45) is 8.20.